The second kappa shape index (κ2) is 6.06. The van der Waals surface area contributed by atoms with E-state index in [4.69, 9.17) is 4.74 Å². The first-order valence-corrected chi connectivity index (χ1v) is 5.48. The zero-order chi connectivity index (χ0) is 12.0. The highest BCUT2D eigenvalue weighted by molar-refractivity contribution is 7.14. The predicted octanol–water partition coefficient (Wildman–Crippen LogP) is 0.905. The van der Waals surface area contributed by atoms with E-state index in [9.17, 15) is 9.59 Å². The van der Waals surface area contributed by atoms with Crippen LogP contribution >= 0.6 is 11.3 Å². The highest BCUT2D eigenvalue weighted by Gasteiger charge is 2.16. The van der Waals surface area contributed by atoms with Crippen LogP contribution in [0.5, 0.6) is 0 Å². The number of nitrogens with one attached hydrogen (secondary N) is 1. The van der Waals surface area contributed by atoms with E-state index < -0.39 is 11.9 Å². The third-order valence-corrected chi connectivity index (χ3v) is 2.44. The van der Waals surface area contributed by atoms with Crippen LogP contribution in [0.3, 0.4) is 0 Å². The third kappa shape index (κ3) is 3.20. The van der Waals surface area contributed by atoms with E-state index in [1.807, 2.05) is 0 Å². The average molecular weight is 244 g/mol. The molecule has 1 rings (SSSR count). The lowest BCUT2D eigenvalue weighted by atomic mass is 10.4. The minimum absolute atomic E-state index is 0.00883. The minimum atomic E-state index is -0.504. The van der Waals surface area contributed by atoms with Gasteiger partial charge in [-0.25, -0.2) is 9.78 Å². The molecule has 1 aromatic rings. The summed E-state index contributed by atoms with van der Waals surface area (Å²) in [5.41, 5.74) is 1.70. The molecule has 0 saturated heterocycles. The van der Waals surface area contributed by atoms with Crippen molar-refractivity contribution in [2.45, 2.75) is 6.92 Å². The standard InChI is InChI=1S/C9H12N2O4S/c1-3-15-9(13)7-8(16-5-11-7)10-4-6(12)14-2/h5,10H,3-4H2,1-2H3. The molecule has 0 unspecified atom stereocenters. The minimum Gasteiger partial charge on any atom is -0.468 e. The van der Waals surface area contributed by atoms with Crippen molar-refractivity contribution in [1.29, 1.82) is 0 Å². The molecular weight excluding hydrogens is 232 g/mol. The van der Waals surface area contributed by atoms with Gasteiger partial charge in [-0.3, -0.25) is 4.79 Å². The molecule has 1 heterocycles. The zero-order valence-electron chi connectivity index (χ0n) is 8.98. The van der Waals surface area contributed by atoms with Gasteiger partial charge in [-0.1, -0.05) is 0 Å². The van der Waals surface area contributed by atoms with Crippen molar-refractivity contribution in [3.05, 3.63) is 11.2 Å². The number of aromatic nitrogens is 1. The maximum atomic E-state index is 11.4. The molecule has 0 aromatic carbocycles. The van der Waals surface area contributed by atoms with E-state index in [2.05, 4.69) is 15.0 Å². The highest BCUT2D eigenvalue weighted by atomic mass is 32.1. The number of carbonyl (C=O) groups is 2. The summed E-state index contributed by atoms with van der Waals surface area (Å²) in [6.45, 7) is 1.99. The van der Waals surface area contributed by atoms with Crippen LogP contribution in [0, 0.1) is 0 Å². The molecule has 0 aliphatic rings. The Bertz CT molecular complexity index is 377. The molecule has 16 heavy (non-hydrogen) atoms. The monoisotopic (exact) mass is 244 g/mol. The Kier molecular flexibility index (Phi) is 4.71. The number of hydrogen-bond acceptors (Lipinski definition) is 7. The Morgan fingerprint density at radius 3 is 2.94 bits per heavy atom. The molecule has 0 spiro atoms. The number of nitrogens with zero attached hydrogens (tertiary/aromatic N) is 1. The fourth-order valence-electron chi connectivity index (χ4n) is 0.941. The highest BCUT2D eigenvalue weighted by Crippen LogP contribution is 2.20. The Morgan fingerprint density at radius 1 is 1.56 bits per heavy atom. The van der Waals surface area contributed by atoms with Gasteiger partial charge in [-0.05, 0) is 6.92 Å². The molecule has 0 fully saturated rings. The molecule has 0 aliphatic carbocycles. The van der Waals surface area contributed by atoms with E-state index in [1.54, 1.807) is 6.92 Å². The van der Waals surface area contributed by atoms with Crippen molar-refractivity contribution in [3.8, 4) is 0 Å². The molecule has 0 aliphatic heterocycles. The first kappa shape index (κ1) is 12.4. The van der Waals surface area contributed by atoms with Gasteiger partial charge in [-0.2, -0.15) is 0 Å². The van der Waals surface area contributed by atoms with Crippen LogP contribution in [-0.4, -0.2) is 37.2 Å². The van der Waals surface area contributed by atoms with Crippen molar-refractivity contribution >= 4 is 28.3 Å². The summed E-state index contributed by atoms with van der Waals surface area (Å²) < 4.78 is 9.27. The van der Waals surface area contributed by atoms with Gasteiger partial charge in [0.15, 0.2) is 5.69 Å². The van der Waals surface area contributed by atoms with Crippen molar-refractivity contribution < 1.29 is 19.1 Å². The van der Waals surface area contributed by atoms with Crippen molar-refractivity contribution in [1.82, 2.24) is 4.98 Å². The second-order valence-electron chi connectivity index (χ2n) is 2.68. The molecule has 1 aromatic heterocycles. The van der Waals surface area contributed by atoms with E-state index in [-0.39, 0.29) is 18.8 Å². The van der Waals surface area contributed by atoms with Crippen LogP contribution in [0.1, 0.15) is 17.4 Å². The molecular formula is C9H12N2O4S. The number of ether oxygens (including phenoxy) is 2. The van der Waals surface area contributed by atoms with E-state index in [0.717, 1.165) is 0 Å². The molecule has 88 valence electrons. The first-order valence-electron chi connectivity index (χ1n) is 4.60. The predicted molar refractivity (Wildman–Crippen MR) is 58.6 cm³/mol. The van der Waals surface area contributed by atoms with Crippen molar-refractivity contribution in [2.24, 2.45) is 0 Å². The fourth-order valence-corrected chi connectivity index (χ4v) is 1.61. The lowest BCUT2D eigenvalue weighted by molar-refractivity contribution is -0.138. The average Bonchev–Trinajstić information content (AvgIpc) is 2.74. The van der Waals surface area contributed by atoms with Gasteiger partial charge in [-0.15, -0.1) is 11.3 Å². The number of anilines is 1. The summed E-state index contributed by atoms with van der Waals surface area (Å²) in [5, 5.41) is 3.27. The van der Waals surface area contributed by atoms with E-state index in [0.29, 0.717) is 5.00 Å². The maximum absolute atomic E-state index is 11.4. The number of hydrogen-bond donors (Lipinski definition) is 1. The molecule has 1 N–H and O–H groups in total. The zero-order valence-corrected chi connectivity index (χ0v) is 9.80. The molecule has 6 nitrogen and oxygen atoms in total. The summed E-state index contributed by atoms with van der Waals surface area (Å²) in [5.74, 6) is -0.917. The maximum Gasteiger partial charge on any atom is 0.360 e. The van der Waals surface area contributed by atoms with Gasteiger partial charge in [0, 0.05) is 0 Å². The summed E-state index contributed by atoms with van der Waals surface area (Å²) in [6, 6.07) is 0. The van der Waals surface area contributed by atoms with E-state index >= 15 is 0 Å². The third-order valence-electron chi connectivity index (χ3n) is 1.66. The first-order chi connectivity index (χ1) is 7.69. The van der Waals surface area contributed by atoms with Gasteiger partial charge >= 0.3 is 11.9 Å². The van der Waals surface area contributed by atoms with Gasteiger partial charge < -0.3 is 14.8 Å². The quantitative estimate of drug-likeness (QED) is 0.775. The number of methoxy groups -OCH3 is 1. The Balaban J connectivity index is 2.63. The van der Waals surface area contributed by atoms with Crippen LogP contribution in [0.2, 0.25) is 0 Å². The van der Waals surface area contributed by atoms with E-state index in [1.165, 1.54) is 24.0 Å². The van der Waals surface area contributed by atoms with Crippen LogP contribution in [0.4, 0.5) is 5.00 Å². The number of rotatable bonds is 5. The largest absolute Gasteiger partial charge is 0.468 e. The SMILES string of the molecule is CCOC(=O)c1ncsc1NCC(=O)OC. The van der Waals surface area contributed by atoms with Crippen LogP contribution < -0.4 is 5.32 Å². The van der Waals surface area contributed by atoms with Crippen LogP contribution in [0.15, 0.2) is 5.51 Å². The lowest BCUT2D eigenvalue weighted by Crippen LogP contribution is -2.16. The van der Waals surface area contributed by atoms with Crippen molar-refractivity contribution in [3.63, 3.8) is 0 Å². The molecule has 0 amide bonds. The smallest absolute Gasteiger partial charge is 0.360 e. The Hall–Kier alpha value is -1.63. The van der Waals surface area contributed by atoms with Crippen LogP contribution in [0.25, 0.3) is 0 Å². The summed E-state index contributed by atoms with van der Waals surface area (Å²) in [6.07, 6.45) is 0. The van der Waals surface area contributed by atoms with Gasteiger partial charge in [0.2, 0.25) is 0 Å². The van der Waals surface area contributed by atoms with Crippen molar-refractivity contribution in [2.75, 3.05) is 25.6 Å². The molecule has 0 atom stereocenters. The molecule has 0 saturated carbocycles. The normalized spacial score (nSPS) is 9.62. The number of esters is 2. The summed E-state index contributed by atoms with van der Waals surface area (Å²) >= 11 is 1.23. The summed E-state index contributed by atoms with van der Waals surface area (Å²) in [7, 11) is 1.29. The molecule has 0 bridgehead atoms. The Morgan fingerprint density at radius 2 is 2.31 bits per heavy atom. The van der Waals surface area contributed by atoms with Gasteiger partial charge in [0.1, 0.15) is 11.5 Å². The fraction of sp³-hybridized carbons (Fsp3) is 0.444. The second-order valence-corrected chi connectivity index (χ2v) is 3.54. The van der Waals surface area contributed by atoms with Crippen LogP contribution in [-0.2, 0) is 14.3 Å². The lowest BCUT2D eigenvalue weighted by Gasteiger charge is -2.04. The van der Waals surface area contributed by atoms with Gasteiger partial charge in [0.05, 0.1) is 19.2 Å². The number of thiazole rings is 1. The van der Waals surface area contributed by atoms with Gasteiger partial charge in [0.25, 0.3) is 0 Å². The number of carbonyl (C=O) groups excluding carboxylic acids is 2. The molecule has 7 heteroatoms. The molecule has 0 radical (unpaired) electrons. The summed E-state index contributed by atoms with van der Waals surface area (Å²) in [4.78, 5) is 26.2. The topological polar surface area (TPSA) is 77.5 Å². The Labute approximate surface area is 96.6 Å².